The van der Waals surface area contributed by atoms with Gasteiger partial charge in [-0.3, -0.25) is 0 Å². The van der Waals surface area contributed by atoms with Gasteiger partial charge in [0.1, 0.15) is 0 Å². The zero-order valence-corrected chi connectivity index (χ0v) is 19.8. The Hall–Kier alpha value is -1.90. The zero-order valence-electron chi connectivity index (χ0n) is 19.8. The van der Waals surface area contributed by atoms with Crippen molar-refractivity contribution in [2.75, 3.05) is 27.7 Å². The predicted octanol–water partition coefficient (Wildman–Crippen LogP) is 6.64. The first-order valence-corrected chi connectivity index (χ1v) is 10.2. The maximum absolute atomic E-state index is 3.08. The number of hydrogen-bond donors (Lipinski definition) is 1. The second-order valence-electron chi connectivity index (χ2n) is 7.21. The van der Waals surface area contributed by atoms with E-state index in [-0.39, 0.29) is 0 Å². The average molecular weight is 385 g/mol. The van der Waals surface area contributed by atoms with E-state index in [2.05, 4.69) is 87.6 Å². The molecule has 0 unspecified atom stereocenters. The summed E-state index contributed by atoms with van der Waals surface area (Å²) in [6.07, 6.45) is 12.6. The lowest BCUT2D eigenvalue weighted by atomic mass is 10.0. The molecule has 0 aliphatic carbocycles. The lowest BCUT2D eigenvalue weighted by Gasteiger charge is -2.15. The minimum Gasteiger partial charge on any atom is -0.316 e. The quantitative estimate of drug-likeness (QED) is 0.530. The SMILES string of the molecule is C/C=C\C(C)=C/C.C/C=C\C=C(\CN(C)C)C(C)C.CNCc1ccccc1. The highest BCUT2D eigenvalue weighted by atomic mass is 15.0. The van der Waals surface area contributed by atoms with E-state index < -0.39 is 0 Å². The Morgan fingerprint density at radius 2 is 1.64 bits per heavy atom. The number of benzene rings is 1. The highest BCUT2D eigenvalue weighted by Crippen LogP contribution is 2.10. The Balaban J connectivity index is 0. The summed E-state index contributed by atoms with van der Waals surface area (Å²) in [5.74, 6) is 0.642. The monoisotopic (exact) mass is 384 g/mol. The van der Waals surface area contributed by atoms with Crippen LogP contribution in [-0.2, 0) is 6.54 Å². The largest absolute Gasteiger partial charge is 0.316 e. The Bertz CT molecular complexity index is 576. The van der Waals surface area contributed by atoms with Crippen molar-refractivity contribution in [1.29, 1.82) is 0 Å². The molecule has 0 amide bonds. The molecular formula is C26H44N2. The molecule has 0 atom stereocenters. The summed E-state index contributed by atoms with van der Waals surface area (Å²) in [6.45, 7) is 14.7. The van der Waals surface area contributed by atoms with Gasteiger partial charge in [0, 0.05) is 13.1 Å². The van der Waals surface area contributed by atoms with Gasteiger partial charge in [0.05, 0.1) is 0 Å². The Labute approximate surface area is 175 Å². The molecule has 1 rings (SSSR count). The topological polar surface area (TPSA) is 15.3 Å². The number of hydrogen-bond acceptors (Lipinski definition) is 2. The summed E-state index contributed by atoms with van der Waals surface area (Å²) in [4.78, 5) is 2.20. The minimum absolute atomic E-state index is 0.642. The van der Waals surface area contributed by atoms with Gasteiger partial charge < -0.3 is 10.2 Å². The molecule has 0 aromatic heterocycles. The molecule has 1 aromatic carbocycles. The first kappa shape index (κ1) is 28.3. The van der Waals surface area contributed by atoms with Crippen LogP contribution in [0.15, 0.2) is 77.9 Å². The molecule has 0 bridgehead atoms. The van der Waals surface area contributed by atoms with Crippen molar-refractivity contribution < 1.29 is 0 Å². The Morgan fingerprint density at radius 1 is 1.04 bits per heavy atom. The fraction of sp³-hybridized carbons (Fsp3) is 0.462. The number of nitrogens with zero attached hydrogens (tertiary/aromatic N) is 1. The normalized spacial score (nSPS) is 12.2. The van der Waals surface area contributed by atoms with Gasteiger partial charge in [-0.2, -0.15) is 0 Å². The molecule has 0 aliphatic rings. The predicted molar refractivity (Wildman–Crippen MR) is 130 cm³/mol. The van der Waals surface area contributed by atoms with E-state index in [1.165, 1.54) is 16.7 Å². The standard InChI is InChI=1S/C11H21N.C8H11N.C7H12/c1-6-7-8-11(10(2)3)9-12(4)5;1-9-7-8-5-3-2-4-6-8;1-4-6-7(3)5-2/h6-8,10H,9H2,1-5H3;2-6,9H,7H2,1H3;4-6H,1-3H3/b7-6-,11-8-;;6-4-,7-5-. The van der Waals surface area contributed by atoms with Crippen molar-refractivity contribution in [2.24, 2.45) is 5.92 Å². The van der Waals surface area contributed by atoms with Crippen LogP contribution in [0.1, 0.15) is 47.1 Å². The maximum Gasteiger partial charge on any atom is 0.0202 e. The lowest BCUT2D eigenvalue weighted by molar-refractivity contribution is 0.428. The second kappa shape index (κ2) is 19.9. The van der Waals surface area contributed by atoms with Crippen molar-refractivity contribution in [2.45, 2.75) is 48.1 Å². The summed E-state index contributed by atoms with van der Waals surface area (Å²) < 4.78 is 0. The molecule has 0 radical (unpaired) electrons. The van der Waals surface area contributed by atoms with Gasteiger partial charge in [0.15, 0.2) is 0 Å². The molecule has 0 fully saturated rings. The van der Waals surface area contributed by atoms with E-state index in [9.17, 15) is 0 Å². The number of allylic oxidation sites excluding steroid dienone is 7. The van der Waals surface area contributed by atoms with E-state index >= 15 is 0 Å². The van der Waals surface area contributed by atoms with E-state index in [1.54, 1.807) is 0 Å². The highest BCUT2D eigenvalue weighted by molar-refractivity contribution is 5.15. The van der Waals surface area contributed by atoms with Crippen molar-refractivity contribution >= 4 is 0 Å². The van der Waals surface area contributed by atoms with Gasteiger partial charge in [0.2, 0.25) is 0 Å². The van der Waals surface area contributed by atoms with E-state index in [0.29, 0.717) is 5.92 Å². The van der Waals surface area contributed by atoms with Crippen molar-refractivity contribution in [3.05, 3.63) is 83.5 Å². The molecule has 0 saturated heterocycles. The first-order valence-electron chi connectivity index (χ1n) is 10.2. The third kappa shape index (κ3) is 18.9. The second-order valence-corrected chi connectivity index (χ2v) is 7.21. The zero-order chi connectivity index (χ0) is 21.8. The highest BCUT2D eigenvalue weighted by Gasteiger charge is 2.02. The molecular weight excluding hydrogens is 340 g/mol. The van der Waals surface area contributed by atoms with Gasteiger partial charge in [-0.25, -0.2) is 0 Å². The van der Waals surface area contributed by atoms with Gasteiger partial charge in [-0.1, -0.05) is 91.8 Å². The third-order valence-electron chi connectivity index (χ3n) is 3.85. The first-order chi connectivity index (χ1) is 13.3. The van der Waals surface area contributed by atoms with Crippen LogP contribution in [0.4, 0.5) is 0 Å². The van der Waals surface area contributed by atoms with Crippen LogP contribution >= 0.6 is 0 Å². The van der Waals surface area contributed by atoms with E-state index in [0.717, 1.165) is 13.1 Å². The molecule has 158 valence electrons. The fourth-order valence-corrected chi connectivity index (χ4v) is 2.17. The summed E-state index contributed by atoms with van der Waals surface area (Å²) in [5.41, 5.74) is 4.14. The molecule has 2 heteroatoms. The molecule has 1 N–H and O–H groups in total. The summed E-state index contributed by atoms with van der Waals surface area (Å²) in [7, 11) is 6.16. The van der Waals surface area contributed by atoms with Gasteiger partial charge >= 0.3 is 0 Å². The smallest absolute Gasteiger partial charge is 0.0202 e. The minimum atomic E-state index is 0.642. The van der Waals surface area contributed by atoms with Gasteiger partial charge in [-0.05, 0) is 60.3 Å². The lowest BCUT2D eigenvalue weighted by Crippen LogP contribution is -2.17. The molecule has 0 aliphatic heterocycles. The van der Waals surface area contributed by atoms with Crippen molar-refractivity contribution in [3.63, 3.8) is 0 Å². The summed E-state index contributed by atoms with van der Waals surface area (Å²) in [5, 5.41) is 3.08. The van der Waals surface area contributed by atoms with Crippen LogP contribution in [0.3, 0.4) is 0 Å². The van der Waals surface area contributed by atoms with Gasteiger partial charge in [-0.15, -0.1) is 0 Å². The Kier molecular flexibility index (Phi) is 20.1. The van der Waals surface area contributed by atoms with Crippen LogP contribution in [0, 0.1) is 5.92 Å². The molecule has 0 saturated carbocycles. The summed E-state index contributed by atoms with van der Waals surface area (Å²) in [6, 6.07) is 10.3. The Morgan fingerprint density at radius 3 is 2.00 bits per heavy atom. The summed E-state index contributed by atoms with van der Waals surface area (Å²) >= 11 is 0. The van der Waals surface area contributed by atoms with Gasteiger partial charge in [0.25, 0.3) is 0 Å². The molecule has 28 heavy (non-hydrogen) atoms. The molecule has 1 aromatic rings. The van der Waals surface area contributed by atoms with Crippen molar-refractivity contribution in [1.82, 2.24) is 10.2 Å². The van der Waals surface area contributed by atoms with Crippen LogP contribution in [-0.4, -0.2) is 32.6 Å². The number of likely N-dealkylation sites (N-methyl/N-ethyl adjacent to an activating group) is 1. The molecule has 0 spiro atoms. The number of rotatable bonds is 7. The van der Waals surface area contributed by atoms with E-state index in [4.69, 9.17) is 0 Å². The molecule has 2 nitrogen and oxygen atoms in total. The maximum atomic E-state index is 3.08. The average Bonchev–Trinajstić information content (AvgIpc) is 2.67. The van der Waals surface area contributed by atoms with Crippen molar-refractivity contribution in [3.8, 4) is 0 Å². The van der Waals surface area contributed by atoms with E-state index in [1.807, 2.05) is 52.1 Å². The van der Waals surface area contributed by atoms with Crippen LogP contribution in [0.25, 0.3) is 0 Å². The molecule has 0 heterocycles. The third-order valence-corrected chi connectivity index (χ3v) is 3.85. The number of nitrogens with one attached hydrogen (secondary N) is 1. The van der Waals surface area contributed by atoms with Crippen LogP contribution in [0.2, 0.25) is 0 Å². The fourth-order valence-electron chi connectivity index (χ4n) is 2.17. The van der Waals surface area contributed by atoms with Crippen LogP contribution < -0.4 is 5.32 Å². The van der Waals surface area contributed by atoms with Crippen LogP contribution in [0.5, 0.6) is 0 Å².